The molecule has 1 saturated heterocycles. The fourth-order valence-corrected chi connectivity index (χ4v) is 4.21. The molecule has 0 aromatic heterocycles. The van der Waals surface area contributed by atoms with Gasteiger partial charge in [0.15, 0.2) is 0 Å². The lowest BCUT2D eigenvalue weighted by Crippen LogP contribution is -2.26. The SMILES string of the molecule is FCCCN1CC[C@H](Oc2ccc(C3=CCCCc4ccccc43)cc2)C1. The number of hydrogen-bond acceptors (Lipinski definition) is 2. The Morgan fingerprint density at radius 1 is 1.07 bits per heavy atom. The fourth-order valence-electron chi connectivity index (χ4n) is 4.21. The van der Waals surface area contributed by atoms with Crippen LogP contribution in [-0.4, -0.2) is 37.3 Å². The van der Waals surface area contributed by atoms with Gasteiger partial charge >= 0.3 is 0 Å². The van der Waals surface area contributed by atoms with Gasteiger partial charge in [0.05, 0.1) is 6.67 Å². The number of benzene rings is 2. The van der Waals surface area contributed by atoms with Crippen LogP contribution in [0.15, 0.2) is 54.6 Å². The molecule has 2 nitrogen and oxygen atoms in total. The van der Waals surface area contributed by atoms with E-state index < -0.39 is 0 Å². The van der Waals surface area contributed by atoms with Crippen LogP contribution in [0, 0.1) is 0 Å². The Hall–Kier alpha value is -2.13. The zero-order chi connectivity index (χ0) is 18.5. The number of halogens is 1. The largest absolute Gasteiger partial charge is 0.489 e. The number of likely N-dealkylation sites (tertiary alicyclic amines) is 1. The van der Waals surface area contributed by atoms with E-state index in [4.69, 9.17) is 4.74 Å². The highest BCUT2D eigenvalue weighted by Gasteiger charge is 2.23. The average molecular weight is 365 g/mol. The second-order valence-corrected chi connectivity index (χ2v) is 7.56. The van der Waals surface area contributed by atoms with Crippen LogP contribution in [0.3, 0.4) is 0 Å². The van der Waals surface area contributed by atoms with Gasteiger partial charge in [0.1, 0.15) is 11.9 Å². The van der Waals surface area contributed by atoms with Crippen LogP contribution < -0.4 is 4.74 Å². The van der Waals surface area contributed by atoms with E-state index in [1.54, 1.807) is 0 Å². The van der Waals surface area contributed by atoms with Gasteiger partial charge in [-0.25, -0.2) is 0 Å². The minimum absolute atomic E-state index is 0.216. The minimum Gasteiger partial charge on any atom is -0.489 e. The molecule has 1 aliphatic carbocycles. The number of ether oxygens (including phenoxy) is 1. The molecule has 3 heteroatoms. The predicted octanol–water partition coefficient (Wildman–Crippen LogP) is 5.27. The third-order valence-corrected chi connectivity index (χ3v) is 5.61. The molecule has 1 heterocycles. The van der Waals surface area contributed by atoms with Gasteiger partial charge < -0.3 is 4.74 Å². The number of fused-ring (bicyclic) bond motifs is 1. The van der Waals surface area contributed by atoms with Gasteiger partial charge in [0.2, 0.25) is 0 Å². The van der Waals surface area contributed by atoms with Gasteiger partial charge in [-0.15, -0.1) is 0 Å². The molecule has 4 rings (SSSR count). The average Bonchev–Trinajstić information content (AvgIpc) is 3.03. The van der Waals surface area contributed by atoms with E-state index in [0.717, 1.165) is 44.6 Å². The van der Waals surface area contributed by atoms with E-state index >= 15 is 0 Å². The summed E-state index contributed by atoms with van der Waals surface area (Å²) in [5.41, 5.74) is 5.41. The second-order valence-electron chi connectivity index (χ2n) is 7.56. The van der Waals surface area contributed by atoms with Crippen molar-refractivity contribution in [2.75, 3.05) is 26.3 Å². The topological polar surface area (TPSA) is 12.5 Å². The Morgan fingerprint density at radius 3 is 2.78 bits per heavy atom. The van der Waals surface area contributed by atoms with E-state index in [2.05, 4.69) is 59.5 Å². The summed E-state index contributed by atoms with van der Waals surface area (Å²) < 4.78 is 18.5. The Bertz CT molecular complexity index is 783. The monoisotopic (exact) mass is 365 g/mol. The maximum absolute atomic E-state index is 12.3. The van der Waals surface area contributed by atoms with Crippen LogP contribution in [0.1, 0.15) is 42.4 Å². The number of nitrogens with zero attached hydrogens (tertiary/aromatic N) is 1. The van der Waals surface area contributed by atoms with Crippen LogP contribution in [0.5, 0.6) is 5.75 Å². The first-order valence-corrected chi connectivity index (χ1v) is 10.2. The molecule has 0 unspecified atom stereocenters. The fraction of sp³-hybridized carbons (Fsp3) is 0.417. The second kappa shape index (κ2) is 8.71. The summed E-state index contributed by atoms with van der Waals surface area (Å²) in [6.07, 6.45) is 7.72. The van der Waals surface area contributed by atoms with E-state index in [1.165, 1.54) is 28.7 Å². The normalized spacial score (nSPS) is 20.0. The van der Waals surface area contributed by atoms with Crippen LogP contribution >= 0.6 is 0 Å². The maximum Gasteiger partial charge on any atom is 0.119 e. The number of aryl methyl sites for hydroxylation is 1. The lowest BCUT2D eigenvalue weighted by Gasteiger charge is -2.17. The molecular weight excluding hydrogens is 337 g/mol. The number of allylic oxidation sites excluding steroid dienone is 1. The Morgan fingerprint density at radius 2 is 1.93 bits per heavy atom. The molecule has 0 radical (unpaired) electrons. The van der Waals surface area contributed by atoms with Gasteiger partial charge in [0, 0.05) is 19.6 Å². The number of alkyl halides is 1. The maximum atomic E-state index is 12.3. The molecule has 2 aromatic rings. The molecule has 2 aromatic carbocycles. The Kier molecular flexibility index (Phi) is 5.88. The summed E-state index contributed by atoms with van der Waals surface area (Å²) in [5, 5.41) is 0. The van der Waals surface area contributed by atoms with E-state index in [-0.39, 0.29) is 12.8 Å². The van der Waals surface area contributed by atoms with E-state index in [9.17, 15) is 4.39 Å². The van der Waals surface area contributed by atoms with Crippen molar-refractivity contribution < 1.29 is 9.13 Å². The van der Waals surface area contributed by atoms with Crippen molar-refractivity contribution in [1.82, 2.24) is 4.90 Å². The molecule has 1 aliphatic heterocycles. The highest BCUT2D eigenvalue weighted by Crippen LogP contribution is 2.32. The molecule has 0 bridgehead atoms. The van der Waals surface area contributed by atoms with Crippen LogP contribution in [0.2, 0.25) is 0 Å². The van der Waals surface area contributed by atoms with Crippen molar-refractivity contribution in [1.29, 1.82) is 0 Å². The van der Waals surface area contributed by atoms with Gasteiger partial charge in [-0.2, -0.15) is 0 Å². The summed E-state index contributed by atoms with van der Waals surface area (Å²) in [7, 11) is 0. The van der Waals surface area contributed by atoms with E-state index in [0.29, 0.717) is 6.42 Å². The molecule has 2 aliphatic rings. The van der Waals surface area contributed by atoms with Crippen LogP contribution in [0.4, 0.5) is 4.39 Å². The lowest BCUT2D eigenvalue weighted by molar-refractivity contribution is 0.198. The van der Waals surface area contributed by atoms with Gasteiger partial charge in [0.25, 0.3) is 0 Å². The molecule has 1 atom stereocenters. The van der Waals surface area contributed by atoms with Crippen molar-refractivity contribution in [3.05, 3.63) is 71.3 Å². The smallest absolute Gasteiger partial charge is 0.119 e. The Balaban J connectivity index is 1.43. The zero-order valence-corrected chi connectivity index (χ0v) is 15.9. The third-order valence-electron chi connectivity index (χ3n) is 5.61. The Labute approximate surface area is 161 Å². The van der Waals surface area contributed by atoms with Crippen LogP contribution in [0.25, 0.3) is 5.57 Å². The third kappa shape index (κ3) is 4.41. The first kappa shape index (κ1) is 18.2. The van der Waals surface area contributed by atoms with Crippen molar-refractivity contribution in [3.8, 4) is 5.75 Å². The van der Waals surface area contributed by atoms with Gasteiger partial charge in [-0.3, -0.25) is 9.29 Å². The van der Waals surface area contributed by atoms with Crippen molar-refractivity contribution in [2.45, 2.75) is 38.2 Å². The summed E-state index contributed by atoms with van der Waals surface area (Å²) >= 11 is 0. The predicted molar refractivity (Wildman–Crippen MR) is 109 cm³/mol. The van der Waals surface area contributed by atoms with Crippen molar-refractivity contribution in [3.63, 3.8) is 0 Å². The lowest BCUT2D eigenvalue weighted by atomic mass is 9.94. The van der Waals surface area contributed by atoms with Crippen LogP contribution in [-0.2, 0) is 6.42 Å². The molecule has 0 amide bonds. The molecular formula is C24H28FNO. The molecule has 27 heavy (non-hydrogen) atoms. The number of rotatable bonds is 6. The standard InChI is InChI=1S/C24H28FNO/c25-15-5-16-26-17-14-22(18-26)27-21-12-10-20(11-13-21)24-9-4-2-7-19-6-1-3-8-23(19)24/h1,3,6,8-13,22H,2,4-5,7,14-18H2/t22-/m0/s1. The minimum atomic E-state index is -0.234. The first-order chi connectivity index (χ1) is 13.3. The highest BCUT2D eigenvalue weighted by atomic mass is 19.1. The zero-order valence-electron chi connectivity index (χ0n) is 15.9. The summed E-state index contributed by atoms with van der Waals surface area (Å²) in [5.74, 6) is 0.929. The first-order valence-electron chi connectivity index (χ1n) is 10.2. The quantitative estimate of drug-likeness (QED) is 0.692. The summed E-state index contributed by atoms with van der Waals surface area (Å²) in [4.78, 5) is 2.30. The van der Waals surface area contributed by atoms with Gasteiger partial charge in [-0.05, 0) is 66.5 Å². The summed E-state index contributed by atoms with van der Waals surface area (Å²) in [6, 6.07) is 17.3. The van der Waals surface area contributed by atoms with Crippen molar-refractivity contribution in [2.24, 2.45) is 0 Å². The molecule has 1 fully saturated rings. The highest BCUT2D eigenvalue weighted by molar-refractivity contribution is 5.82. The summed E-state index contributed by atoms with van der Waals surface area (Å²) in [6.45, 7) is 2.51. The molecule has 142 valence electrons. The molecule has 0 saturated carbocycles. The van der Waals surface area contributed by atoms with Gasteiger partial charge in [-0.1, -0.05) is 42.5 Å². The van der Waals surface area contributed by atoms with Crippen molar-refractivity contribution >= 4 is 5.57 Å². The van der Waals surface area contributed by atoms with E-state index in [1.807, 2.05) is 0 Å². The number of hydrogen-bond donors (Lipinski definition) is 0. The molecule has 0 spiro atoms. The molecule has 0 N–H and O–H groups in total.